The SMILES string of the molecule is CC(C)c1nsc(Sc2nnc(-c3ccco3)n2N)n1. The summed E-state index contributed by atoms with van der Waals surface area (Å²) in [4.78, 5) is 4.43. The Morgan fingerprint density at radius 1 is 1.40 bits per heavy atom. The summed E-state index contributed by atoms with van der Waals surface area (Å²) in [6.07, 6.45) is 1.57. The van der Waals surface area contributed by atoms with E-state index in [0.29, 0.717) is 22.7 Å². The van der Waals surface area contributed by atoms with Gasteiger partial charge in [-0.15, -0.1) is 10.2 Å². The highest BCUT2D eigenvalue weighted by molar-refractivity contribution is 8.00. The molecule has 0 radical (unpaired) electrons. The highest BCUT2D eigenvalue weighted by Crippen LogP contribution is 2.30. The average molecular weight is 308 g/mol. The van der Waals surface area contributed by atoms with Gasteiger partial charge in [0.25, 0.3) is 0 Å². The van der Waals surface area contributed by atoms with Gasteiger partial charge in [-0.3, -0.25) is 0 Å². The van der Waals surface area contributed by atoms with E-state index in [-0.39, 0.29) is 0 Å². The van der Waals surface area contributed by atoms with Crippen molar-refractivity contribution in [3.8, 4) is 11.6 Å². The topological polar surface area (TPSA) is 95.7 Å². The Hall–Kier alpha value is -1.87. The van der Waals surface area contributed by atoms with Crippen LogP contribution in [0.5, 0.6) is 0 Å². The van der Waals surface area contributed by atoms with E-state index in [1.54, 1.807) is 18.4 Å². The number of rotatable bonds is 4. The Kier molecular flexibility index (Phi) is 3.45. The van der Waals surface area contributed by atoms with Crippen LogP contribution in [-0.4, -0.2) is 24.2 Å². The molecule has 20 heavy (non-hydrogen) atoms. The van der Waals surface area contributed by atoms with Gasteiger partial charge in [-0.1, -0.05) is 13.8 Å². The van der Waals surface area contributed by atoms with Crippen molar-refractivity contribution in [2.75, 3.05) is 5.84 Å². The van der Waals surface area contributed by atoms with Crippen LogP contribution in [0.4, 0.5) is 0 Å². The second-order valence-corrected chi connectivity index (χ2v) is 6.29. The van der Waals surface area contributed by atoms with E-state index in [1.807, 2.05) is 0 Å². The Morgan fingerprint density at radius 3 is 2.90 bits per heavy atom. The molecule has 0 aliphatic rings. The highest BCUT2D eigenvalue weighted by Gasteiger charge is 2.17. The summed E-state index contributed by atoms with van der Waals surface area (Å²) in [7, 11) is 0. The van der Waals surface area contributed by atoms with Crippen molar-refractivity contribution in [3.63, 3.8) is 0 Å². The summed E-state index contributed by atoms with van der Waals surface area (Å²) in [5, 5.41) is 8.62. The smallest absolute Gasteiger partial charge is 0.218 e. The second kappa shape index (κ2) is 5.25. The van der Waals surface area contributed by atoms with Crippen molar-refractivity contribution < 1.29 is 4.42 Å². The molecule has 3 aromatic heterocycles. The lowest BCUT2D eigenvalue weighted by Gasteiger charge is -1.99. The Labute approximate surface area is 123 Å². The molecule has 0 aliphatic carbocycles. The van der Waals surface area contributed by atoms with Crippen molar-refractivity contribution in [2.24, 2.45) is 0 Å². The van der Waals surface area contributed by atoms with Gasteiger partial charge in [-0.25, -0.2) is 9.66 Å². The normalized spacial score (nSPS) is 11.3. The molecule has 0 aromatic carbocycles. The summed E-state index contributed by atoms with van der Waals surface area (Å²) < 4.78 is 11.7. The number of nitrogen functional groups attached to an aromatic ring is 1. The molecule has 0 atom stereocenters. The first-order valence-corrected chi connectivity index (χ1v) is 7.50. The molecule has 3 aromatic rings. The largest absolute Gasteiger partial charge is 0.461 e. The van der Waals surface area contributed by atoms with E-state index < -0.39 is 0 Å². The fourth-order valence-electron chi connectivity index (χ4n) is 1.49. The van der Waals surface area contributed by atoms with Crippen LogP contribution >= 0.6 is 23.3 Å². The van der Waals surface area contributed by atoms with Crippen molar-refractivity contribution in [1.29, 1.82) is 0 Å². The lowest BCUT2D eigenvalue weighted by Crippen LogP contribution is -2.11. The summed E-state index contributed by atoms with van der Waals surface area (Å²) in [6, 6.07) is 3.56. The van der Waals surface area contributed by atoms with Gasteiger partial charge in [0, 0.05) is 5.92 Å². The molecule has 3 heterocycles. The van der Waals surface area contributed by atoms with Gasteiger partial charge in [-0.05, 0) is 35.4 Å². The molecule has 104 valence electrons. The van der Waals surface area contributed by atoms with Crippen LogP contribution in [0.15, 0.2) is 32.3 Å². The van der Waals surface area contributed by atoms with Crippen LogP contribution in [-0.2, 0) is 0 Å². The van der Waals surface area contributed by atoms with Crippen molar-refractivity contribution in [1.82, 2.24) is 24.2 Å². The number of nitrogens with two attached hydrogens (primary N) is 1. The van der Waals surface area contributed by atoms with Gasteiger partial charge >= 0.3 is 0 Å². The van der Waals surface area contributed by atoms with Gasteiger partial charge < -0.3 is 10.3 Å². The summed E-state index contributed by atoms with van der Waals surface area (Å²) in [5.74, 6) is 8.16. The van der Waals surface area contributed by atoms with Crippen LogP contribution < -0.4 is 5.84 Å². The fourth-order valence-corrected chi connectivity index (χ4v) is 3.10. The molecule has 0 aliphatic heterocycles. The maximum atomic E-state index is 5.98. The molecule has 2 N–H and O–H groups in total. The molecular weight excluding hydrogens is 296 g/mol. The van der Waals surface area contributed by atoms with Crippen molar-refractivity contribution >= 4 is 23.3 Å². The zero-order chi connectivity index (χ0) is 14.1. The summed E-state index contributed by atoms with van der Waals surface area (Å²) >= 11 is 2.67. The van der Waals surface area contributed by atoms with Crippen LogP contribution in [0.3, 0.4) is 0 Å². The van der Waals surface area contributed by atoms with Gasteiger partial charge in [0.2, 0.25) is 11.0 Å². The third-order valence-electron chi connectivity index (χ3n) is 2.52. The van der Waals surface area contributed by atoms with Crippen LogP contribution in [0.1, 0.15) is 25.6 Å². The minimum atomic E-state index is 0.301. The number of nitrogens with zero attached hydrogens (tertiary/aromatic N) is 5. The number of furan rings is 1. The summed E-state index contributed by atoms with van der Waals surface area (Å²) in [6.45, 7) is 4.11. The van der Waals surface area contributed by atoms with E-state index in [2.05, 4.69) is 33.4 Å². The fraction of sp³-hybridized carbons (Fsp3) is 0.273. The maximum absolute atomic E-state index is 5.98. The average Bonchev–Trinajstić information content (AvgIpc) is 3.12. The Balaban J connectivity index is 1.84. The molecule has 0 amide bonds. The maximum Gasteiger partial charge on any atom is 0.218 e. The quantitative estimate of drug-likeness (QED) is 0.739. The first-order chi connectivity index (χ1) is 9.65. The molecule has 0 spiro atoms. The van der Waals surface area contributed by atoms with Gasteiger partial charge in [-0.2, -0.15) is 4.37 Å². The third kappa shape index (κ3) is 2.41. The predicted octanol–water partition coefficient (Wildman–Crippen LogP) is 2.38. The van der Waals surface area contributed by atoms with Gasteiger partial charge in [0.1, 0.15) is 5.82 Å². The molecular formula is C11H12N6OS2. The van der Waals surface area contributed by atoms with Gasteiger partial charge in [0.05, 0.1) is 6.26 Å². The predicted molar refractivity (Wildman–Crippen MR) is 76.0 cm³/mol. The van der Waals surface area contributed by atoms with Gasteiger partial charge in [0.15, 0.2) is 10.1 Å². The molecule has 0 bridgehead atoms. The molecule has 7 nitrogen and oxygen atoms in total. The third-order valence-corrected chi connectivity index (χ3v) is 4.25. The Bertz CT molecular complexity index is 702. The molecule has 0 unspecified atom stereocenters. The number of aromatic nitrogens is 5. The van der Waals surface area contributed by atoms with E-state index in [1.165, 1.54) is 28.0 Å². The lowest BCUT2D eigenvalue weighted by molar-refractivity contribution is 0.574. The highest BCUT2D eigenvalue weighted by atomic mass is 32.2. The van der Waals surface area contributed by atoms with Crippen molar-refractivity contribution in [2.45, 2.75) is 29.3 Å². The van der Waals surface area contributed by atoms with Crippen molar-refractivity contribution in [3.05, 3.63) is 24.2 Å². The standard InChI is InChI=1S/C11H12N6OS2/c1-6(2)8-13-11(20-16-8)19-10-15-14-9(17(10)12)7-4-3-5-18-7/h3-6H,12H2,1-2H3. The van der Waals surface area contributed by atoms with E-state index >= 15 is 0 Å². The monoisotopic (exact) mass is 308 g/mol. The van der Waals surface area contributed by atoms with E-state index in [9.17, 15) is 0 Å². The zero-order valence-corrected chi connectivity index (χ0v) is 12.5. The first-order valence-electron chi connectivity index (χ1n) is 5.91. The minimum absolute atomic E-state index is 0.301. The minimum Gasteiger partial charge on any atom is -0.461 e. The molecule has 0 saturated heterocycles. The number of hydrogen-bond donors (Lipinski definition) is 1. The first kappa shape index (κ1) is 13.1. The van der Waals surface area contributed by atoms with Crippen LogP contribution in [0.2, 0.25) is 0 Å². The molecule has 3 rings (SSSR count). The van der Waals surface area contributed by atoms with E-state index in [4.69, 9.17) is 10.3 Å². The molecule has 9 heteroatoms. The Morgan fingerprint density at radius 2 is 2.25 bits per heavy atom. The number of hydrogen-bond acceptors (Lipinski definition) is 8. The molecule has 0 fully saturated rings. The molecule has 0 saturated carbocycles. The van der Waals surface area contributed by atoms with E-state index in [0.717, 1.165) is 10.2 Å². The second-order valence-electron chi connectivity index (χ2n) is 4.33. The van der Waals surface area contributed by atoms with Crippen LogP contribution in [0.25, 0.3) is 11.6 Å². The zero-order valence-electron chi connectivity index (χ0n) is 10.8. The lowest BCUT2D eigenvalue weighted by atomic mass is 10.2. The summed E-state index contributed by atoms with van der Waals surface area (Å²) in [5.41, 5.74) is 0. The van der Waals surface area contributed by atoms with Crippen LogP contribution in [0, 0.1) is 0 Å².